The van der Waals surface area contributed by atoms with Gasteiger partial charge in [0.15, 0.2) is 0 Å². The zero-order chi connectivity index (χ0) is 10.8. The van der Waals surface area contributed by atoms with Crippen molar-refractivity contribution < 1.29 is 22.0 Å². The maximum atomic E-state index is 12.4. The van der Waals surface area contributed by atoms with Crippen LogP contribution in [0.2, 0.25) is 0 Å². The molecule has 1 fully saturated rings. The van der Waals surface area contributed by atoms with Crippen LogP contribution in [-0.4, -0.2) is 24.7 Å². The van der Waals surface area contributed by atoms with E-state index < -0.39 is 18.5 Å². The first-order valence-electron chi connectivity index (χ1n) is 4.51. The van der Waals surface area contributed by atoms with Crippen LogP contribution in [0.4, 0.5) is 22.0 Å². The summed E-state index contributed by atoms with van der Waals surface area (Å²) in [6.45, 7) is 0.711. The second-order valence-electron chi connectivity index (χ2n) is 3.53. The van der Waals surface area contributed by atoms with E-state index in [2.05, 4.69) is 5.32 Å². The number of alkyl halides is 5. The molecule has 0 spiro atoms. The molecule has 6 heteroatoms. The summed E-state index contributed by atoms with van der Waals surface area (Å²) in [5, 5.41) is 2.88. The highest BCUT2D eigenvalue weighted by molar-refractivity contribution is 4.81. The molecule has 0 aromatic carbocycles. The number of halogens is 5. The molecule has 0 aliphatic carbocycles. The largest absolute Gasteiger partial charge is 0.453 e. The molecule has 0 amide bonds. The van der Waals surface area contributed by atoms with E-state index in [0.29, 0.717) is 13.0 Å². The lowest BCUT2D eigenvalue weighted by molar-refractivity contribution is -0.284. The lowest BCUT2D eigenvalue weighted by atomic mass is 10.1. The molecule has 1 heterocycles. The van der Waals surface area contributed by atoms with E-state index in [4.69, 9.17) is 0 Å². The molecule has 1 N–H and O–H groups in total. The van der Waals surface area contributed by atoms with Gasteiger partial charge < -0.3 is 5.32 Å². The molecule has 1 saturated heterocycles. The van der Waals surface area contributed by atoms with Gasteiger partial charge in [-0.05, 0) is 25.8 Å². The minimum absolute atomic E-state index is 0.119. The topological polar surface area (TPSA) is 12.0 Å². The van der Waals surface area contributed by atoms with Crippen molar-refractivity contribution in [2.75, 3.05) is 6.54 Å². The van der Waals surface area contributed by atoms with Crippen LogP contribution in [0.25, 0.3) is 0 Å². The molecule has 84 valence electrons. The van der Waals surface area contributed by atoms with Crippen molar-refractivity contribution in [2.24, 2.45) is 0 Å². The molecule has 0 saturated carbocycles. The van der Waals surface area contributed by atoms with E-state index in [1.807, 2.05) is 0 Å². The van der Waals surface area contributed by atoms with Crippen molar-refractivity contribution in [3.63, 3.8) is 0 Å². The van der Waals surface area contributed by atoms with E-state index in [-0.39, 0.29) is 12.5 Å². The average molecular weight is 217 g/mol. The molecule has 14 heavy (non-hydrogen) atoms. The van der Waals surface area contributed by atoms with Gasteiger partial charge in [0.2, 0.25) is 0 Å². The number of rotatable bonds is 3. The van der Waals surface area contributed by atoms with Gasteiger partial charge in [-0.1, -0.05) is 0 Å². The first-order chi connectivity index (χ1) is 6.33. The molecular weight excluding hydrogens is 205 g/mol. The summed E-state index contributed by atoms with van der Waals surface area (Å²) in [6, 6.07) is -0.178. The van der Waals surface area contributed by atoms with Gasteiger partial charge in [0.25, 0.3) is 0 Å². The average Bonchev–Trinajstić information content (AvgIpc) is 2.50. The molecule has 0 aromatic rings. The van der Waals surface area contributed by atoms with Gasteiger partial charge in [-0.2, -0.15) is 22.0 Å². The van der Waals surface area contributed by atoms with Crippen LogP contribution in [0.5, 0.6) is 0 Å². The highest BCUT2D eigenvalue weighted by Gasteiger charge is 2.56. The smallest absolute Gasteiger partial charge is 0.314 e. The normalized spacial score (nSPS) is 24.2. The van der Waals surface area contributed by atoms with Gasteiger partial charge in [-0.3, -0.25) is 0 Å². The Bertz CT molecular complexity index is 183. The van der Waals surface area contributed by atoms with Crippen molar-refractivity contribution >= 4 is 0 Å². The summed E-state index contributed by atoms with van der Waals surface area (Å²) in [7, 11) is 0. The van der Waals surface area contributed by atoms with Crippen LogP contribution >= 0.6 is 0 Å². The lowest BCUT2D eigenvalue weighted by Gasteiger charge is -2.21. The molecule has 1 aliphatic heterocycles. The molecule has 1 rings (SSSR count). The first-order valence-corrected chi connectivity index (χ1v) is 4.51. The predicted octanol–water partition coefficient (Wildman–Crippen LogP) is 2.72. The quantitative estimate of drug-likeness (QED) is 0.717. The highest BCUT2D eigenvalue weighted by atomic mass is 19.4. The number of hydrogen-bond donors (Lipinski definition) is 1. The second kappa shape index (κ2) is 4.00. The van der Waals surface area contributed by atoms with Crippen LogP contribution < -0.4 is 5.32 Å². The third kappa shape index (κ3) is 2.80. The molecule has 0 bridgehead atoms. The van der Waals surface area contributed by atoms with Gasteiger partial charge in [0.05, 0.1) is 0 Å². The minimum atomic E-state index is -5.41. The fraction of sp³-hybridized carbons (Fsp3) is 1.00. The fourth-order valence-electron chi connectivity index (χ4n) is 1.50. The summed E-state index contributed by atoms with van der Waals surface area (Å²) in [5.41, 5.74) is 0. The number of nitrogens with one attached hydrogen (secondary N) is 1. The summed E-state index contributed by atoms with van der Waals surface area (Å²) in [4.78, 5) is 0. The predicted molar refractivity (Wildman–Crippen MR) is 41.3 cm³/mol. The second-order valence-corrected chi connectivity index (χ2v) is 3.53. The highest BCUT2D eigenvalue weighted by Crippen LogP contribution is 2.39. The molecule has 0 aromatic heterocycles. The Morgan fingerprint density at radius 3 is 2.21 bits per heavy atom. The van der Waals surface area contributed by atoms with Gasteiger partial charge in [0, 0.05) is 12.5 Å². The Morgan fingerprint density at radius 2 is 1.79 bits per heavy atom. The fourth-order valence-corrected chi connectivity index (χ4v) is 1.50. The van der Waals surface area contributed by atoms with Gasteiger partial charge in [-0.15, -0.1) is 0 Å². The van der Waals surface area contributed by atoms with Crippen LogP contribution in [0, 0.1) is 0 Å². The van der Waals surface area contributed by atoms with Gasteiger partial charge >= 0.3 is 12.1 Å². The van der Waals surface area contributed by atoms with Gasteiger partial charge in [-0.25, -0.2) is 0 Å². The molecule has 1 atom stereocenters. The Labute approximate surface area is 78.7 Å². The Balaban J connectivity index is 2.35. The molecule has 1 aliphatic rings. The van der Waals surface area contributed by atoms with Gasteiger partial charge in [0.1, 0.15) is 0 Å². The summed E-state index contributed by atoms with van der Waals surface area (Å²) in [5.74, 6) is -4.54. The lowest BCUT2D eigenvalue weighted by Crippen LogP contribution is -2.37. The van der Waals surface area contributed by atoms with Crippen LogP contribution in [0.15, 0.2) is 0 Å². The third-order valence-corrected chi connectivity index (χ3v) is 2.38. The summed E-state index contributed by atoms with van der Waals surface area (Å²) >= 11 is 0. The minimum Gasteiger partial charge on any atom is -0.314 e. The Hall–Kier alpha value is -0.390. The maximum Gasteiger partial charge on any atom is 0.453 e. The van der Waals surface area contributed by atoms with Crippen molar-refractivity contribution in [3.05, 3.63) is 0 Å². The van der Waals surface area contributed by atoms with Crippen molar-refractivity contribution in [2.45, 2.75) is 43.8 Å². The zero-order valence-electron chi connectivity index (χ0n) is 7.50. The monoisotopic (exact) mass is 217 g/mol. The number of hydrogen-bond acceptors (Lipinski definition) is 1. The van der Waals surface area contributed by atoms with Crippen molar-refractivity contribution in [1.82, 2.24) is 5.32 Å². The van der Waals surface area contributed by atoms with Crippen LogP contribution in [0.3, 0.4) is 0 Å². The van der Waals surface area contributed by atoms with Crippen LogP contribution in [-0.2, 0) is 0 Å². The first kappa shape index (κ1) is 11.7. The summed E-state index contributed by atoms with van der Waals surface area (Å²) in [6.07, 6.45) is -5.11. The van der Waals surface area contributed by atoms with E-state index in [0.717, 1.165) is 6.42 Å². The van der Waals surface area contributed by atoms with Crippen LogP contribution in [0.1, 0.15) is 25.7 Å². The molecule has 1 nitrogen and oxygen atoms in total. The zero-order valence-corrected chi connectivity index (χ0v) is 7.50. The molecular formula is C8H12F5N. The maximum absolute atomic E-state index is 12.4. The van der Waals surface area contributed by atoms with E-state index in [9.17, 15) is 22.0 Å². The van der Waals surface area contributed by atoms with E-state index in [1.54, 1.807) is 0 Å². The standard InChI is InChI=1S/C8H12F5N/c9-7(10,8(11,12)13)4-3-6-2-1-5-14-6/h6,14H,1-5H2. The Kier molecular flexibility index (Phi) is 3.34. The third-order valence-electron chi connectivity index (χ3n) is 2.38. The summed E-state index contributed by atoms with van der Waals surface area (Å²) < 4.78 is 60.1. The molecule has 1 unspecified atom stereocenters. The van der Waals surface area contributed by atoms with E-state index in [1.165, 1.54) is 0 Å². The van der Waals surface area contributed by atoms with Crippen molar-refractivity contribution in [1.29, 1.82) is 0 Å². The van der Waals surface area contributed by atoms with E-state index >= 15 is 0 Å². The SMILES string of the molecule is FC(F)(F)C(F)(F)CCC1CCCN1. The Morgan fingerprint density at radius 1 is 1.14 bits per heavy atom. The van der Waals surface area contributed by atoms with Crippen molar-refractivity contribution in [3.8, 4) is 0 Å². The molecule has 0 radical (unpaired) electrons.